The van der Waals surface area contributed by atoms with Crippen LogP contribution >= 0.6 is 0 Å². The molecule has 1 N–H and O–H groups in total. The zero-order chi connectivity index (χ0) is 22.6. The van der Waals surface area contributed by atoms with E-state index in [1.165, 1.54) is 7.11 Å². The molecule has 1 aliphatic carbocycles. The number of nitrogens with one attached hydrogen (secondary N) is 1. The van der Waals surface area contributed by atoms with E-state index in [9.17, 15) is 14.4 Å². The molecule has 0 bridgehead atoms. The molecule has 0 saturated carbocycles. The average molecular weight is 425 g/mol. The molecule has 0 fully saturated rings. The van der Waals surface area contributed by atoms with Gasteiger partial charge >= 0.3 is 18.0 Å². The number of rotatable bonds is 6. The standard InChI is InChI=1S/C24H27NO6/c1-24(2,3)31-21(26)13-20(22(27)29-4)25-23(28)30-14-19-17-11-7-5-9-15(17)16-10-6-8-12-18(16)19/h5-12,19-20H,13-14H2,1-4H3,(H,25,28). The summed E-state index contributed by atoms with van der Waals surface area (Å²) in [5.74, 6) is -1.48. The summed E-state index contributed by atoms with van der Waals surface area (Å²) >= 11 is 0. The van der Waals surface area contributed by atoms with Crippen molar-refractivity contribution in [1.29, 1.82) is 0 Å². The fourth-order valence-electron chi connectivity index (χ4n) is 3.67. The van der Waals surface area contributed by atoms with Crippen LogP contribution < -0.4 is 5.32 Å². The number of esters is 2. The quantitative estimate of drug-likeness (QED) is 0.559. The summed E-state index contributed by atoms with van der Waals surface area (Å²) in [6, 6.07) is 14.8. The fraction of sp³-hybridized carbons (Fsp3) is 0.375. The SMILES string of the molecule is COC(=O)C(CC(=O)OC(C)(C)C)NC(=O)OCC1c2ccccc2-c2ccccc21. The molecule has 31 heavy (non-hydrogen) atoms. The number of carbonyl (C=O) groups excluding carboxylic acids is 3. The monoisotopic (exact) mass is 425 g/mol. The number of ether oxygens (including phenoxy) is 3. The molecule has 1 atom stereocenters. The van der Waals surface area contributed by atoms with Gasteiger partial charge in [-0.1, -0.05) is 48.5 Å². The van der Waals surface area contributed by atoms with Crippen LogP contribution in [-0.2, 0) is 23.8 Å². The number of hydrogen-bond acceptors (Lipinski definition) is 6. The van der Waals surface area contributed by atoms with Gasteiger partial charge in [-0.25, -0.2) is 9.59 Å². The molecule has 0 aliphatic heterocycles. The Morgan fingerprint density at radius 1 is 0.968 bits per heavy atom. The highest BCUT2D eigenvalue weighted by Gasteiger charge is 2.31. The van der Waals surface area contributed by atoms with Crippen LogP contribution in [0.5, 0.6) is 0 Å². The second-order valence-corrected chi connectivity index (χ2v) is 8.34. The minimum absolute atomic E-state index is 0.0974. The first-order valence-corrected chi connectivity index (χ1v) is 10.1. The molecular weight excluding hydrogens is 398 g/mol. The summed E-state index contributed by atoms with van der Waals surface area (Å²) in [5.41, 5.74) is 3.68. The Hall–Kier alpha value is -3.35. The van der Waals surface area contributed by atoms with Gasteiger partial charge in [-0.15, -0.1) is 0 Å². The molecule has 3 rings (SSSR count). The summed E-state index contributed by atoms with van der Waals surface area (Å²) in [4.78, 5) is 36.6. The molecule has 0 radical (unpaired) electrons. The summed E-state index contributed by atoms with van der Waals surface area (Å²) in [6.45, 7) is 5.26. The Morgan fingerprint density at radius 2 is 1.52 bits per heavy atom. The molecule has 0 heterocycles. The first-order valence-electron chi connectivity index (χ1n) is 10.1. The first kappa shape index (κ1) is 22.3. The van der Waals surface area contributed by atoms with Gasteiger partial charge in [-0.3, -0.25) is 4.79 Å². The molecular formula is C24H27NO6. The molecule has 2 aromatic carbocycles. The van der Waals surface area contributed by atoms with Crippen molar-refractivity contribution < 1.29 is 28.6 Å². The van der Waals surface area contributed by atoms with Crippen molar-refractivity contribution in [3.05, 3.63) is 59.7 Å². The van der Waals surface area contributed by atoms with Gasteiger partial charge in [0.05, 0.1) is 13.5 Å². The van der Waals surface area contributed by atoms with Crippen molar-refractivity contribution in [1.82, 2.24) is 5.32 Å². The lowest BCUT2D eigenvalue weighted by atomic mass is 9.98. The maximum atomic E-state index is 12.4. The number of carbonyl (C=O) groups is 3. The molecule has 0 saturated heterocycles. The van der Waals surface area contributed by atoms with Crippen molar-refractivity contribution in [3.63, 3.8) is 0 Å². The van der Waals surface area contributed by atoms with E-state index in [-0.39, 0.29) is 18.9 Å². The lowest BCUT2D eigenvalue weighted by Gasteiger charge is -2.22. The van der Waals surface area contributed by atoms with Crippen LogP contribution in [-0.4, -0.2) is 43.4 Å². The third kappa shape index (κ3) is 5.42. The van der Waals surface area contributed by atoms with E-state index in [4.69, 9.17) is 14.2 Å². The zero-order valence-corrected chi connectivity index (χ0v) is 18.1. The van der Waals surface area contributed by atoms with Gasteiger partial charge in [-0.05, 0) is 43.0 Å². The second kappa shape index (κ2) is 9.20. The topological polar surface area (TPSA) is 90.9 Å². The Kier molecular flexibility index (Phi) is 6.63. The maximum absolute atomic E-state index is 12.4. The molecule has 0 spiro atoms. The van der Waals surface area contributed by atoms with E-state index in [0.29, 0.717) is 0 Å². The van der Waals surface area contributed by atoms with Crippen molar-refractivity contribution in [2.24, 2.45) is 0 Å². The van der Waals surface area contributed by atoms with E-state index < -0.39 is 29.7 Å². The zero-order valence-electron chi connectivity index (χ0n) is 18.1. The number of alkyl carbamates (subject to hydrolysis) is 1. The van der Waals surface area contributed by atoms with Crippen molar-refractivity contribution in [2.75, 3.05) is 13.7 Å². The van der Waals surface area contributed by atoms with Gasteiger partial charge in [-0.2, -0.15) is 0 Å². The van der Waals surface area contributed by atoms with Crippen LogP contribution in [0.25, 0.3) is 11.1 Å². The second-order valence-electron chi connectivity index (χ2n) is 8.34. The van der Waals surface area contributed by atoms with Crippen LogP contribution in [0.1, 0.15) is 44.2 Å². The summed E-state index contributed by atoms with van der Waals surface area (Å²) in [5, 5.41) is 2.42. The Labute approximate surface area is 181 Å². The van der Waals surface area contributed by atoms with Crippen molar-refractivity contribution in [2.45, 2.75) is 44.8 Å². The average Bonchev–Trinajstić information content (AvgIpc) is 3.03. The number of fused-ring (bicyclic) bond motifs is 3. The number of benzene rings is 2. The van der Waals surface area contributed by atoms with Crippen molar-refractivity contribution >= 4 is 18.0 Å². The molecule has 2 aromatic rings. The van der Waals surface area contributed by atoms with Gasteiger partial charge in [0.2, 0.25) is 0 Å². The fourth-order valence-corrected chi connectivity index (χ4v) is 3.67. The predicted octanol–water partition coefficient (Wildman–Crippen LogP) is 3.80. The lowest BCUT2D eigenvalue weighted by Crippen LogP contribution is -2.44. The highest BCUT2D eigenvalue weighted by atomic mass is 16.6. The highest BCUT2D eigenvalue weighted by molar-refractivity contribution is 5.86. The van der Waals surface area contributed by atoms with Gasteiger partial charge < -0.3 is 19.5 Å². The molecule has 1 unspecified atom stereocenters. The van der Waals surface area contributed by atoms with E-state index in [1.807, 2.05) is 48.5 Å². The van der Waals surface area contributed by atoms with Crippen molar-refractivity contribution in [3.8, 4) is 11.1 Å². The lowest BCUT2D eigenvalue weighted by molar-refractivity contribution is -0.158. The smallest absolute Gasteiger partial charge is 0.407 e. The molecule has 1 aliphatic rings. The van der Waals surface area contributed by atoms with Crippen LogP contribution in [0, 0.1) is 0 Å². The summed E-state index contributed by atoms with van der Waals surface area (Å²) in [6.07, 6.45) is -1.16. The van der Waals surface area contributed by atoms with Gasteiger partial charge in [0, 0.05) is 5.92 Å². The normalized spacial score (nSPS) is 13.5. The third-order valence-corrected chi connectivity index (χ3v) is 4.91. The van der Waals surface area contributed by atoms with Gasteiger partial charge in [0.25, 0.3) is 0 Å². The number of methoxy groups -OCH3 is 1. The highest BCUT2D eigenvalue weighted by Crippen LogP contribution is 2.44. The largest absolute Gasteiger partial charge is 0.467 e. The Bertz CT molecular complexity index is 933. The molecule has 0 aromatic heterocycles. The van der Waals surface area contributed by atoms with E-state index >= 15 is 0 Å². The molecule has 164 valence electrons. The van der Waals surface area contributed by atoms with Crippen LogP contribution in [0.4, 0.5) is 4.79 Å². The van der Waals surface area contributed by atoms with E-state index in [0.717, 1.165) is 22.3 Å². The Morgan fingerprint density at radius 3 is 2.03 bits per heavy atom. The first-order chi connectivity index (χ1) is 14.7. The molecule has 7 heteroatoms. The third-order valence-electron chi connectivity index (χ3n) is 4.91. The van der Waals surface area contributed by atoms with E-state index in [2.05, 4.69) is 5.32 Å². The van der Waals surface area contributed by atoms with Gasteiger partial charge in [0.15, 0.2) is 0 Å². The summed E-state index contributed by atoms with van der Waals surface area (Å²) < 4.78 is 15.4. The van der Waals surface area contributed by atoms with Crippen LogP contribution in [0.2, 0.25) is 0 Å². The van der Waals surface area contributed by atoms with Gasteiger partial charge in [0.1, 0.15) is 18.2 Å². The number of amides is 1. The number of hydrogen-bond donors (Lipinski definition) is 1. The predicted molar refractivity (Wildman–Crippen MR) is 114 cm³/mol. The molecule has 7 nitrogen and oxygen atoms in total. The van der Waals surface area contributed by atoms with Crippen LogP contribution in [0.3, 0.4) is 0 Å². The molecule has 1 amide bonds. The summed E-state index contributed by atoms with van der Waals surface area (Å²) in [7, 11) is 1.18. The minimum atomic E-state index is -1.20. The van der Waals surface area contributed by atoms with Crippen LogP contribution in [0.15, 0.2) is 48.5 Å². The maximum Gasteiger partial charge on any atom is 0.407 e. The Balaban J connectivity index is 1.65. The van der Waals surface area contributed by atoms with E-state index in [1.54, 1.807) is 20.8 Å². The minimum Gasteiger partial charge on any atom is -0.467 e.